The van der Waals surface area contributed by atoms with Gasteiger partial charge >= 0.3 is 6.18 Å². The number of carbonyl (C=O) groups is 1. The number of nitrogens with zero attached hydrogens (tertiary/aromatic N) is 3. The summed E-state index contributed by atoms with van der Waals surface area (Å²) in [6.45, 7) is 5.89. The van der Waals surface area contributed by atoms with Crippen molar-refractivity contribution >= 4 is 11.6 Å². The molecule has 1 atom stereocenters. The van der Waals surface area contributed by atoms with Crippen LogP contribution in [0.15, 0.2) is 42.6 Å². The standard InChI is InChI=1S/C20H21F3N4O2/c1-4-29-15-10-6-5-8-13(15)19(28)24-16(12(2)3)18-26-25-17-14(20(21,22)23)9-7-11-27(17)18/h5-12,16H,4H2,1-3H3,(H,24,28)/t16-/m0/s1. The summed E-state index contributed by atoms with van der Waals surface area (Å²) in [4.78, 5) is 12.9. The highest BCUT2D eigenvalue weighted by molar-refractivity contribution is 5.97. The van der Waals surface area contributed by atoms with Gasteiger partial charge in [0, 0.05) is 6.20 Å². The van der Waals surface area contributed by atoms with Gasteiger partial charge in [0.15, 0.2) is 11.5 Å². The van der Waals surface area contributed by atoms with Crippen molar-refractivity contribution in [1.29, 1.82) is 0 Å². The molecule has 1 aromatic carbocycles. The summed E-state index contributed by atoms with van der Waals surface area (Å²) >= 11 is 0. The third kappa shape index (κ3) is 4.18. The number of rotatable bonds is 6. The van der Waals surface area contributed by atoms with Crippen molar-refractivity contribution in [3.63, 3.8) is 0 Å². The molecule has 9 heteroatoms. The third-order valence-electron chi connectivity index (χ3n) is 4.43. The van der Waals surface area contributed by atoms with Crippen molar-refractivity contribution in [2.24, 2.45) is 5.92 Å². The number of nitrogens with one attached hydrogen (secondary N) is 1. The molecule has 2 aromatic heterocycles. The monoisotopic (exact) mass is 406 g/mol. The first-order valence-electron chi connectivity index (χ1n) is 9.17. The molecule has 0 unspecified atom stereocenters. The SMILES string of the molecule is CCOc1ccccc1C(=O)N[C@H](c1nnc2c(C(F)(F)F)cccn12)C(C)C. The van der Waals surface area contributed by atoms with Gasteiger partial charge in [-0.3, -0.25) is 9.20 Å². The molecule has 29 heavy (non-hydrogen) atoms. The fourth-order valence-corrected chi connectivity index (χ4v) is 3.05. The molecule has 1 N–H and O–H groups in total. The van der Waals surface area contributed by atoms with Gasteiger partial charge in [0.05, 0.1) is 18.2 Å². The molecule has 3 rings (SSSR count). The normalized spacial score (nSPS) is 12.9. The number of aromatic nitrogens is 3. The minimum atomic E-state index is -4.56. The van der Waals surface area contributed by atoms with Crippen LogP contribution in [-0.2, 0) is 6.18 Å². The second-order valence-corrected chi connectivity index (χ2v) is 6.80. The zero-order chi connectivity index (χ0) is 21.2. The molecule has 0 aliphatic carbocycles. The summed E-state index contributed by atoms with van der Waals surface area (Å²) < 4.78 is 46.6. The topological polar surface area (TPSA) is 68.5 Å². The molecular weight excluding hydrogens is 385 g/mol. The van der Waals surface area contributed by atoms with E-state index in [1.807, 2.05) is 20.8 Å². The van der Waals surface area contributed by atoms with Crippen molar-refractivity contribution in [2.75, 3.05) is 6.61 Å². The summed E-state index contributed by atoms with van der Waals surface area (Å²) in [5.74, 6) is 0.0976. The lowest BCUT2D eigenvalue weighted by Gasteiger charge is -2.22. The van der Waals surface area contributed by atoms with Crippen LogP contribution in [0.5, 0.6) is 5.75 Å². The number of amides is 1. The van der Waals surface area contributed by atoms with E-state index in [9.17, 15) is 18.0 Å². The predicted molar refractivity (Wildman–Crippen MR) is 101 cm³/mol. The second kappa shape index (κ2) is 8.10. The van der Waals surface area contributed by atoms with Gasteiger partial charge in [-0.1, -0.05) is 26.0 Å². The average Bonchev–Trinajstić information content (AvgIpc) is 3.09. The van der Waals surface area contributed by atoms with E-state index >= 15 is 0 Å². The maximum atomic E-state index is 13.3. The lowest BCUT2D eigenvalue weighted by Crippen LogP contribution is -2.33. The Morgan fingerprint density at radius 1 is 1.17 bits per heavy atom. The number of halogens is 3. The first-order chi connectivity index (χ1) is 13.7. The van der Waals surface area contributed by atoms with Crippen molar-refractivity contribution in [1.82, 2.24) is 19.9 Å². The van der Waals surface area contributed by atoms with Gasteiger partial charge in [0.1, 0.15) is 11.3 Å². The Morgan fingerprint density at radius 3 is 2.55 bits per heavy atom. The molecule has 1 amide bonds. The van der Waals surface area contributed by atoms with Crippen molar-refractivity contribution in [2.45, 2.75) is 33.0 Å². The van der Waals surface area contributed by atoms with Crippen molar-refractivity contribution in [3.8, 4) is 5.75 Å². The van der Waals surface area contributed by atoms with E-state index in [2.05, 4.69) is 15.5 Å². The van der Waals surface area contributed by atoms with E-state index in [4.69, 9.17) is 4.74 Å². The molecule has 0 saturated heterocycles. The highest BCUT2D eigenvalue weighted by atomic mass is 19.4. The first kappa shape index (κ1) is 20.6. The van der Waals surface area contributed by atoms with Crippen LogP contribution >= 0.6 is 0 Å². The average molecular weight is 406 g/mol. The first-order valence-corrected chi connectivity index (χ1v) is 9.17. The van der Waals surface area contributed by atoms with E-state index in [0.29, 0.717) is 17.9 Å². The summed E-state index contributed by atoms with van der Waals surface area (Å²) in [6.07, 6.45) is -3.10. The summed E-state index contributed by atoms with van der Waals surface area (Å²) in [5, 5.41) is 10.6. The van der Waals surface area contributed by atoms with Gasteiger partial charge < -0.3 is 10.1 Å². The Balaban J connectivity index is 1.99. The van der Waals surface area contributed by atoms with Crippen molar-refractivity contribution < 1.29 is 22.7 Å². The van der Waals surface area contributed by atoms with Gasteiger partial charge in [-0.2, -0.15) is 13.2 Å². The van der Waals surface area contributed by atoms with E-state index < -0.39 is 23.7 Å². The van der Waals surface area contributed by atoms with Crippen LogP contribution in [0.3, 0.4) is 0 Å². The molecule has 0 radical (unpaired) electrons. The molecular formula is C20H21F3N4O2. The third-order valence-corrected chi connectivity index (χ3v) is 4.43. The van der Waals surface area contributed by atoms with Crippen LogP contribution in [0.4, 0.5) is 13.2 Å². The number of hydrogen-bond acceptors (Lipinski definition) is 4. The largest absolute Gasteiger partial charge is 0.493 e. The molecule has 3 aromatic rings. The fraction of sp³-hybridized carbons (Fsp3) is 0.350. The van der Waals surface area contributed by atoms with Crippen LogP contribution in [0.1, 0.15) is 48.6 Å². The number of pyridine rings is 1. The van der Waals surface area contributed by atoms with Crippen molar-refractivity contribution in [3.05, 3.63) is 59.5 Å². The van der Waals surface area contributed by atoms with Crippen LogP contribution < -0.4 is 10.1 Å². The number of para-hydroxylation sites is 1. The van der Waals surface area contributed by atoms with E-state index in [1.54, 1.807) is 24.3 Å². The van der Waals surface area contributed by atoms with E-state index in [-0.39, 0.29) is 17.4 Å². The molecule has 6 nitrogen and oxygen atoms in total. The maximum Gasteiger partial charge on any atom is 0.420 e. The molecule has 0 aliphatic heterocycles. The zero-order valence-corrected chi connectivity index (χ0v) is 16.2. The smallest absolute Gasteiger partial charge is 0.420 e. The second-order valence-electron chi connectivity index (χ2n) is 6.80. The fourth-order valence-electron chi connectivity index (χ4n) is 3.05. The Bertz CT molecular complexity index is 1010. The van der Waals surface area contributed by atoms with E-state index in [1.165, 1.54) is 16.7 Å². The summed E-state index contributed by atoms with van der Waals surface area (Å²) in [5.41, 5.74) is -0.844. The van der Waals surface area contributed by atoms with Crippen LogP contribution in [0.2, 0.25) is 0 Å². The Kier molecular flexibility index (Phi) is 5.76. The Labute approximate surface area is 165 Å². The lowest BCUT2D eigenvalue weighted by molar-refractivity contribution is -0.136. The quantitative estimate of drug-likeness (QED) is 0.664. The Hall–Kier alpha value is -3.10. The number of fused-ring (bicyclic) bond motifs is 1. The number of carbonyl (C=O) groups excluding carboxylic acids is 1. The number of hydrogen-bond donors (Lipinski definition) is 1. The number of benzene rings is 1. The van der Waals surface area contributed by atoms with Gasteiger partial charge in [-0.15, -0.1) is 10.2 Å². The highest BCUT2D eigenvalue weighted by Gasteiger charge is 2.35. The summed E-state index contributed by atoms with van der Waals surface area (Å²) in [6, 6.07) is 8.36. The number of alkyl halides is 3. The van der Waals surface area contributed by atoms with Crippen LogP contribution in [0.25, 0.3) is 5.65 Å². The molecule has 0 bridgehead atoms. The zero-order valence-electron chi connectivity index (χ0n) is 16.2. The molecule has 154 valence electrons. The lowest BCUT2D eigenvalue weighted by atomic mass is 10.0. The highest BCUT2D eigenvalue weighted by Crippen LogP contribution is 2.33. The minimum Gasteiger partial charge on any atom is -0.493 e. The predicted octanol–water partition coefficient (Wildman–Crippen LogP) is 4.27. The number of ether oxygens (including phenoxy) is 1. The molecule has 0 aliphatic rings. The van der Waals surface area contributed by atoms with Gasteiger partial charge in [-0.05, 0) is 37.1 Å². The molecule has 2 heterocycles. The van der Waals surface area contributed by atoms with Crippen LogP contribution in [-0.4, -0.2) is 27.1 Å². The molecule has 0 saturated carbocycles. The Morgan fingerprint density at radius 2 is 1.90 bits per heavy atom. The maximum absolute atomic E-state index is 13.3. The summed E-state index contributed by atoms with van der Waals surface area (Å²) in [7, 11) is 0. The molecule has 0 spiro atoms. The molecule has 0 fully saturated rings. The van der Waals surface area contributed by atoms with Crippen LogP contribution in [0, 0.1) is 5.92 Å². The van der Waals surface area contributed by atoms with Gasteiger partial charge in [0.2, 0.25) is 0 Å². The van der Waals surface area contributed by atoms with Gasteiger partial charge in [0.25, 0.3) is 5.91 Å². The minimum absolute atomic E-state index is 0.153. The van der Waals surface area contributed by atoms with E-state index in [0.717, 1.165) is 6.07 Å². The van der Waals surface area contributed by atoms with Gasteiger partial charge in [-0.25, -0.2) is 0 Å².